The van der Waals surface area contributed by atoms with E-state index in [-0.39, 0.29) is 30.3 Å². The summed E-state index contributed by atoms with van der Waals surface area (Å²) in [5.74, 6) is 0.638. The van der Waals surface area contributed by atoms with E-state index in [1.807, 2.05) is 0 Å². The first-order chi connectivity index (χ1) is 9.24. The van der Waals surface area contributed by atoms with Gasteiger partial charge in [-0.1, -0.05) is 25.0 Å². The summed E-state index contributed by atoms with van der Waals surface area (Å²) in [6.45, 7) is 0.788. The van der Waals surface area contributed by atoms with Gasteiger partial charge in [0.05, 0.1) is 11.8 Å². The standard InChI is InChI=1S/C15H21NO3/c17-8-4-2-1-3-7-16-14(18)12-10-5-6-11(9-10)13(12)15(16)19/h5-6,10-13,17H,1-4,7-9H2. The smallest absolute Gasteiger partial charge is 0.233 e. The maximum absolute atomic E-state index is 12.3. The van der Waals surface area contributed by atoms with Gasteiger partial charge in [-0.2, -0.15) is 0 Å². The van der Waals surface area contributed by atoms with Crippen molar-refractivity contribution in [1.29, 1.82) is 0 Å². The van der Waals surface area contributed by atoms with Gasteiger partial charge in [-0.05, 0) is 31.1 Å². The van der Waals surface area contributed by atoms with Crippen LogP contribution in [-0.2, 0) is 9.59 Å². The average Bonchev–Trinajstić information content (AvgIpc) is 3.06. The van der Waals surface area contributed by atoms with E-state index in [1.165, 1.54) is 4.90 Å². The monoisotopic (exact) mass is 263 g/mol. The van der Waals surface area contributed by atoms with Crippen LogP contribution in [0.15, 0.2) is 12.2 Å². The summed E-state index contributed by atoms with van der Waals surface area (Å²) in [5, 5.41) is 8.71. The minimum atomic E-state index is -0.0556. The molecule has 2 amide bonds. The molecule has 104 valence electrons. The first-order valence-electron chi connectivity index (χ1n) is 7.38. The molecular weight excluding hydrogens is 242 g/mol. The van der Waals surface area contributed by atoms with Crippen LogP contribution in [0.4, 0.5) is 0 Å². The number of aliphatic hydroxyl groups excluding tert-OH is 1. The molecule has 0 spiro atoms. The molecule has 19 heavy (non-hydrogen) atoms. The Balaban J connectivity index is 1.57. The first kappa shape index (κ1) is 12.9. The maximum Gasteiger partial charge on any atom is 0.233 e. The van der Waals surface area contributed by atoms with Gasteiger partial charge in [-0.3, -0.25) is 14.5 Å². The largest absolute Gasteiger partial charge is 0.396 e. The SMILES string of the molecule is O=C1C2C3C=CC(C3)C2C(=O)N1CCCCCCO. The Morgan fingerprint density at radius 2 is 1.58 bits per heavy atom. The lowest BCUT2D eigenvalue weighted by molar-refractivity contribution is -0.140. The zero-order valence-corrected chi connectivity index (χ0v) is 11.1. The molecule has 0 radical (unpaired) electrons. The average molecular weight is 263 g/mol. The Bertz CT molecular complexity index is 388. The van der Waals surface area contributed by atoms with E-state index in [0.29, 0.717) is 18.4 Å². The number of imide groups is 1. The topological polar surface area (TPSA) is 57.6 Å². The molecule has 0 aromatic carbocycles. The fourth-order valence-corrected chi connectivity index (χ4v) is 3.92. The Hall–Kier alpha value is -1.16. The van der Waals surface area contributed by atoms with E-state index in [2.05, 4.69) is 12.2 Å². The van der Waals surface area contributed by atoms with Gasteiger partial charge in [-0.25, -0.2) is 0 Å². The molecule has 1 N–H and O–H groups in total. The summed E-state index contributed by atoms with van der Waals surface area (Å²) < 4.78 is 0. The van der Waals surface area contributed by atoms with Gasteiger partial charge in [0.25, 0.3) is 0 Å². The van der Waals surface area contributed by atoms with Gasteiger partial charge in [0.2, 0.25) is 11.8 Å². The predicted octanol–water partition coefficient (Wildman–Crippen LogP) is 1.35. The number of unbranched alkanes of at least 4 members (excludes halogenated alkanes) is 3. The van der Waals surface area contributed by atoms with Crippen LogP contribution < -0.4 is 0 Å². The molecule has 3 aliphatic rings. The van der Waals surface area contributed by atoms with Crippen molar-refractivity contribution < 1.29 is 14.7 Å². The molecule has 4 atom stereocenters. The van der Waals surface area contributed by atoms with E-state index in [1.54, 1.807) is 0 Å². The summed E-state index contributed by atoms with van der Waals surface area (Å²) in [7, 11) is 0. The van der Waals surface area contributed by atoms with Gasteiger partial charge in [0.15, 0.2) is 0 Å². The van der Waals surface area contributed by atoms with Crippen LogP contribution in [-0.4, -0.2) is 35.0 Å². The van der Waals surface area contributed by atoms with Gasteiger partial charge in [0.1, 0.15) is 0 Å². The fraction of sp³-hybridized carbons (Fsp3) is 0.733. The Labute approximate surface area is 113 Å². The lowest BCUT2D eigenvalue weighted by Gasteiger charge is -2.16. The number of amides is 2. The molecule has 1 heterocycles. The van der Waals surface area contributed by atoms with Crippen LogP contribution in [0.25, 0.3) is 0 Å². The second kappa shape index (κ2) is 5.08. The number of carbonyl (C=O) groups excluding carboxylic acids is 2. The van der Waals surface area contributed by atoms with Crippen LogP contribution in [0.1, 0.15) is 32.1 Å². The zero-order valence-electron chi connectivity index (χ0n) is 11.1. The number of likely N-dealkylation sites (tertiary alicyclic amines) is 1. The third-order valence-corrected chi connectivity index (χ3v) is 4.85. The molecule has 2 fully saturated rings. The first-order valence-corrected chi connectivity index (χ1v) is 7.38. The Morgan fingerprint density at radius 1 is 1.00 bits per heavy atom. The van der Waals surface area contributed by atoms with Crippen molar-refractivity contribution in [3.63, 3.8) is 0 Å². The number of aliphatic hydroxyl groups is 1. The van der Waals surface area contributed by atoms with E-state index >= 15 is 0 Å². The maximum atomic E-state index is 12.3. The van der Waals surface area contributed by atoms with Crippen LogP contribution in [0.5, 0.6) is 0 Å². The highest BCUT2D eigenvalue weighted by Gasteiger charge is 2.58. The number of hydrogen-bond acceptors (Lipinski definition) is 3. The van der Waals surface area contributed by atoms with E-state index in [9.17, 15) is 9.59 Å². The highest BCUT2D eigenvalue weighted by Crippen LogP contribution is 2.52. The third kappa shape index (κ3) is 2.02. The molecule has 4 nitrogen and oxygen atoms in total. The lowest BCUT2D eigenvalue weighted by atomic mass is 9.85. The molecule has 0 aromatic rings. The molecule has 4 unspecified atom stereocenters. The summed E-state index contributed by atoms with van der Waals surface area (Å²) in [6.07, 6.45) is 8.85. The number of nitrogens with zero attached hydrogens (tertiary/aromatic N) is 1. The molecule has 3 rings (SSSR count). The Kier molecular flexibility index (Phi) is 3.44. The molecule has 2 aliphatic carbocycles. The number of rotatable bonds is 6. The fourth-order valence-electron chi connectivity index (χ4n) is 3.92. The van der Waals surface area contributed by atoms with Crippen molar-refractivity contribution in [2.24, 2.45) is 23.7 Å². The van der Waals surface area contributed by atoms with Gasteiger partial charge in [0, 0.05) is 13.2 Å². The lowest BCUT2D eigenvalue weighted by Crippen LogP contribution is -2.33. The van der Waals surface area contributed by atoms with Crippen molar-refractivity contribution in [2.45, 2.75) is 32.1 Å². The molecule has 1 saturated carbocycles. The quantitative estimate of drug-likeness (QED) is 0.447. The van der Waals surface area contributed by atoms with Crippen molar-refractivity contribution in [3.05, 3.63) is 12.2 Å². The van der Waals surface area contributed by atoms with Gasteiger partial charge in [-0.15, -0.1) is 0 Å². The summed E-state index contributed by atoms with van der Waals surface area (Å²) in [6, 6.07) is 0. The van der Waals surface area contributed by atoms with E-state index in [0.717, 1.165) is 32.1 Å². The number of fused-ring (bicyclic) bond motifs is 5. The second-order valence-corrected chi connectivity index (χ2v) is 5.97. The number of hydrogen-bond donors (Lipinski definition) is 1. The minimum absolute atomic E-state index is 0.0556. The molecule has 1 saturated heterocycles. The van der Waals surface area contributed by atoms with Crippen molar-refractivity contribution in [2.75, 3.05) is 13.2 Å². The van der Waals surface area contributed by atoms with Gasteiger partial charge >= 0.3 is 0 Å². The third-order valence-electron chi connectivity index (χ3n) is 4.85. The normalized spacial score (nSPS) is 35.5. The van der Waals surface area contributed by atoms with Crippen LogP contribution in [0.2, 0.25) is 0 Å². The zero-order chi connectivity index (χ0) is 13.4. The number of carbonyl (C=O) groups is 2. The van der Waals surface area contributed by atoms with Crippen LogP contribution >= 0.6 is 0 Å². The van der Waals surface area contributed by atoms with Gasteiger partial charge < -0.3 is 5.11 Å². The van der Waals surface area contributed by atoms with Crippen molar-refractivity contribution in [3.8, 4) is 0 Å². The van der Waals surface area contributed by atoms with E-state index < -0.39 is 0 Å². The summed E-state index contributed by atoms with van der Waals surface area (Å²) in [5.41, 5.74) is 0. The minimum Gasteiger partial charge on any atom is -0.396 e. The summed E-state index contributed by atoms with van der Waals surface area (Å²) in [4.78, 5) is 26.2. The number of allylic oxidation sites excluding steroid dienone is 2. The molecule has 1 aliphatic heterocycles. The highest BCUT2D eigenvalue weighted by atomic mass is 16.3. The van der Waals surface area contributed by atoms with Crippen LogP contribution in [0.3, 0.4) is 0 Å². The predicted molar refractivity (Wildman–Crippen MR) is 70.0 cm³/mol. The highest BCUT2D eigenvalue weighted by molar-refractivity contribution is 6.06. The second-order valence-electron chi connectivity index (χ2n) is 5.97. The van der Waals surface area contributed by atoms with E-state index in [4.69, 9.17) is 5.11 Å². The van der Waals surface area contributed by atoms with Crippen molar-refractivity contribution >= 4 is 11.8 Å². The molecular formula is C15H21NO3. The summed E-state index contributed by atoms with van der Waals surface area (Å²) >= 11 is 0. The van der Waals surface area contributed by atoms with Crippen molar-refractivity contribution in [1.82, 2.24) is 4.90 Å². The molecule has 4 heteroatoms. The van der Waals surface area contributed by atoms with Crippen LogP contribution in [0, 0.1) is 23.7 Å². The molecule has 2 bridgehead atoms. The Morgan fingerprint density at radius 3 is 2.16 bits per heavy atom. The molecule has 0 aromatic heterocycles.